The second-order valence-electron chi connectivity index (χ2n) is 9.16. The van der Waals surface area contributed by atoms with E-state index in [9.17, 15) is 14.3 Å². The number of nitrogens with zero attached hydrogens (tertiary/aromatic N) is 1. The molecule has 2 amide bonds. The van der Waals surface area contributed by atoms with Crippen molar-refractivity contribution in [2.24, 2.45) is 5.92 Å². The van der Waals surface area contributed by atoms with Crippen LogP contribution in [0.2, 0.25) is 0 Å². The summed E-state index contributed by atoms with van der Waals surface area (Å²) in [5, 5.41) is 16.7. The van der Waals surface area contributed by atoms with Crippen molar-refractivity contribution >= 4 is 11.7 Å². The number of aliphatic hydroxyl groups is 1. The van der Waals surface area contributed by atoms with Crippen LogP contribution in [0.25, 0.3) is 0 Å². The van der Waals surface area contributed by atoms with Gasteiger partial charge < -0.3 is 25.2 Å². The lowest BCUT2D eigenvalue weighted by molar-refractivity contribution is -0.184. The fraction of sp³-hybridized carbons (Fsp3) is 0.480. The number of aliphatic hydroxyl groups excluding tert-OH is 1. The predicted molar refractivity (Wildman–Crippen MR) is 121 cm³/mol. The molecule has 7 nitrogen and oxygen atoms in total. The first-order valence-corrected chi connectivity index (χ1v) is 11.6. The Kier molecular flexibility index (Phi) is 6.59. The predicted octanol–water partition coefficient (Wildman–Crippen LogP) is 2.76. The van der Waals surface area contributed by atoms with Crippen LogP contribution in [0.5, 0.6) is 0 Å². The molecule has 33 heavy (non-hydrogen) atoms. The smallest absolute Gasteiger partial charge is 0.319 e. The topological polar surface area (TPSA) is 83.1 Å². The van der Waals surface area contributed by atoms with Crippen LogP contribution in [0.3, 0.4) is 0 Å². The fourth-order valence-electron chi connectivity index (χ4n) is 5.22. The number of rotatable bonds is 5. The molecule has 0 aromatic heterocycles. The Bertz CT molecular complexity index is 936. The Morgan fingerprint density at radius 2 is 1.82 bits per heavy atom. The number of ether oxygens (including phenoxy) is 2. The van der Waals surface area contributed by atoms with E-state index in [4.69, 9.17) is 9.47 Å². The van der Waals surface area contributed by atoms with Gasteiger partial charge in [0.25, 0.3) is 0 Å². The molecular weight excluding hydrogens is 425 g/mol. The number of amides is 2. The van der Waals surface area contributed by atoms with Crippen molar-refractivity contribution in [3.8, 4) is 0 Å². The summed E-state index contributed by atoms with van der Waals surface area (Å²) in [7, 11) is 0. The lowest BCUT2D eigenvalue weighted by Crippen LogP contribution is -2.66. The van der Waals surface area contributed by atoms with E-state index < -0.39 is 30.6 Å². The summed E-state index contributed by atoms with van der Waals surface area (Å²) in [4.78, 5) is 14.8. The van der Waals surface area contributed by atoms with Crippen LogP contribution in [0, 0.1) is 11.7 Å². The molecule has 0 radical (unpaired) electrons. The minimum absolute atomic E-state index is 0.324. The van der Waals surface area contributed by atoms with Crippen LogP contribution >= 0.6 is 0 Å². The number of piperidine rings is 1. The minimum Gasteiger partial charge on any atom is -0.389 e. The third kappa shape index (κ3) is 5.04. The van der Waals surface area contributed by atoms with Crippen molar-refractivity contribution in [2.75, 3.05) is 25.0 Å². The lowest BCUT2D eigenvalue weighted by Gasteiger charge is -2.46. The summed E-state index contributed by atoms with van der Waals surface area (Å²) in [6.07, 6.45) is 1.42. The number of fused-ring (bicyclic) bond motifs is 2. The van der Waals surface area contributed by atoms with Gasteiger partial charge in [0.05, 0.1) is 24.8 Å². The Morgan fingerprint density at radius 1 is 1.09 bits per heavy atom. The van der Waals surface area contributed by atoms with Gasteiger partial charge in [-0.2, -0.15) is 0 Å². The third-order valence-electron chi connectivity index (χ3n) is 6.97. The molecule has 0 unspecified atom stereocenters. The number of carbonyl (C=O) groups excluding carboxylic acids is 1. The fourth-order valence-corrected chi connectivity index (χ4v) is 5.22. The number of hydrogen-bond donors (Lipinski definition) is 3. The molecule has 8 heteroatoms. The SMILES string of the molecule is O=C(Nc1ccc(F)cc1)N[C@H]1[C@H](O)[C@@H](N2CCC(Cc3ccccc3)CC2)[C@@H]2OC[C@H]1O2. The zero-order chi connectivity index (χ0) is 22.8. The Balaban J connectivity index is 1.19. The van der Waals surface area contributed by atoms with Crippen molar-refractivity contribution in [1.82, 2.24) is 10.2 Å². The van der Waals surface area contributed by atoms with E-state index in [0.29, 0.717) is 18.2 Å². The van der Waals surface area contributed by atoms with Gasteiger partial charge >= 0.3 is 6.03 Å². The maximum absolute atomic E-state index is 13.1. The first kappa shape index (κ1) is 22.3. The first-order valence-electron chi connectivity index (χ1n) is 11.6. The number of anilines is 1. The van der Waals surface area contributed by atoms with Crippen molar-refractivity contribution < 1.29 is 23.8 Å². The molecule has 2 bridgehead atoms. The summed E-state index contributed by atoms with van der Waals surface area (Å²) in [6, 6.07) is 14.7. The molecule has 2 aromatic carbocycles. The number of urea groups is 1. The molecule has 0 saturated carbocycles. The van der Waals surface area contributed by atoms with Crippen LogP contribution in [0.1, 0.15) is 18.4 Å². The maximum atomic E-state index is 13.1. The molecular formula is C25H30FN3O4. The molecule has 3 aliphatic rings. The summed E-state index contributed by atoms with van der Waals surface area (Å²) >= 11 is 0. The van der Waals surface area contributed by atoms with E-state index in [2.05, 4.69) is 39.8 Å². The number of likely N-dealkylation sites (tertiary alicyclic amines) is 1. The number of benzene rings is 2. The first-order chi connectivity index (χ1) is 16.1. The second-order valence-corrected chi connectivity index (χ2v) is 9.16. The number of halogens is 1. The van der Waals surface area contributed by atoms with E-state index in [1.54, 1.807) is 0 Å². The summed E-state index contributed by atoms with van der Waals surface area (Å²) < 4.78 is 25.0. The average Bonchev–Trinajstić information content (AvgIpc) is 3.25. The highest BCUT2D eigenvalue weighted by molar-refractivity contribution is 5.89. The van der Waals surface area contributed by atoms with E-state index in [-0.39, 0.29) is 11.9 Å². The number of nitrogens with one attached hydrogen (secondary N) is 2. The van der Waals surface area contributed by atoms with Gasteiger partial charge in [-0.15, -0.1) is 0 Å². The van der Waals surface area contributed by atoms with Crippen molar-refractivity contribution in [3.05, 3.63) is 66.0 Å². The van der Waals surface area contributed by atoms with Crippen molar-refractivity contribution in [2.45, 2.75) is 49.8 Å². The summed E-state index contributed by atoms with van der Waals surface area (Å²) in [5.41, 5.74) is 1.83. The van der Waals surface area contributed by atoms with E-state index in [1.165, 1.54) is 29.8 Å². The second kappa shape index (κ2) is 9.77. The summed E-state index contributed by atoms with van der Waals surface area (Å²) in [5.74, 6) is 0.236. The molecule has 176 valence electrons. The normalized spacial score (nSPS) is 30.2. The number of hydrogen-bond acceptors (Lipinski definition) is 5. The Hall–Kier alpha value is -2.52. The molecule has 0 spiro atoms. The van der Waals surface area contributed by atoms with Crippen LogP contribution < -0.4 is 10.6 Å². The third-order valence-corrected chi connectivity index (χ3v) is 6.97. The highest BCUT2D eigenvalue weighted by Crippen LogP contribution is 2.34. The van der Waals surface area contributed by atoms with Gasteiger partial charge in [-0.05, 0) is 68.1 Å². The highest BCUT2D eigenvalue weighted by atomic mass is 19.1. The molecule has 3 fully saturated rings. The van der Waals surface area contributed by atoms with Crippen LogP contribution in [-0.2, 0) is 15.9 Å². The van der Waals surface area contributed by atoms with E-state index >= 15 is 0 Å². The Morgan fingerprint density at radius 3 is 2.55 bits per heavy atom. The van der Waals surface area contributed by atoms with Gasteiger partial charge in [0.2, 0.25) is 0 Å². The zero-order valence-electron chi connectivity index (χ0n) is 18.4. The van der Waals surface area contributed by atoms with Crippen molar-refractivity contribution in [3.63, 3.8) is 0 Å². The minimum atomic E-state index is -0.819. The highest BCUT2D eigenvalue weighted by Gasteiger charge is 2.52. The molecule has 3 aliphatic heterocycles. The van der Waals surface area contributed by atoms with E-state index in [0.717, 1.165) is 32.4 Å². The molecule has 3 N–H and O–H groups in total. The maximum Gasteiger partial charge on any atom is 0.319 e. The van der Waals surface area contributed by atoms with Gasteiger partial charge in [-0.25, -0.2) is 9.18 Å². The molecule has 2 aromatic rings. The lowest BCUT2D eigenvalue weighted by atomic mass is 9.87. The molecule has 5 atom stereocenters. The van der Waals surface area contributed by atoms with Gasteiger partial charge in [0.15, 0.2) is 6.29 Å². The van der Waals surface area contributed by atoms with Gasteiger partial charge in [-0.3, -0.25) is 4.90 Å². The Labute approximate surface area is 192 Å². The average molecular weight is 456 g/mol. The summed E-state index contributed by atoms with van der Waals surface area (Å²) in [6.45, 7) is 2.02. The van der Waals surface area contributed by atoms with Crippen molar-refractivity contribution in [1.29, 1.82) is 0 Å². The zero-order valence-corrected chi connectivity index (χ0v) is 18.4. The van der Waals surface area contributed by atoms with E-state index in [1.807, 2.05) is 6.07 Å². The monoisotopic (exact) mass is 455 g/mol. The molecule has 3 saturated heterocycles. The van der Waals surface area contributed by atoms with Crippen LogP contribution in [0.15, 0.2) is 54.6 Å². The number of carbonyl (C=O) groups is 1. The van der Waals surface area contributed by atoms with Gasteiger partial charge in [0, 0.05) is 5.69 Å². The quantitative estimate of drug-likeness (QED) is 0.646. The van der Waals surface area contributed by atoms with Crippen LogP contribution in [0.4, 0.5) is 14.9 Å². The largest absolute Gasteiger partial charge is 0.389 e. The van der Waals surface area contributed by atoms with Gasteiger partial charge in [0.1, 0.15) is 11.9 Å². The standard InChI is InChI=1S/C25H30FN3O4/c26-18-6-8-19(9-7-18)27-25(31)28-21-20-15-32-24(33-20)22(23(21)30)29-12-10-17(11-13-29)14-16-4-2-1-3-5-16/h1-9,17,20-24,30H,10-15H2,(H2,27,28,31)/t20-,21-,22-,23+,24-/m1/s1. The van der Waals surface area contributed by atoms with Crippen LogP contribution in [-0.4, -0.2) is 66.3 Å². The van der Waals surface area contributed by atoms with Gasteiger partial charge in [-0.1, -0.05) is 30.3 Å². The molecule has 3 heterocycles. The molecule has 0 aliphatic carbocycles. The molecule has 5 rings (SSSR count).